The average molecular weight is 470 g/mol. The van der Waals surface area contributed by atoms with Crippen molar-refractivity contribution < 1.29 is 4.79 Å². The topological polar surface area (TPSA) is 135 Å². The third-order valence-electron chi connectivity index (χ3n) is 6.16. The third-order valence-corrected chi connectivity index (χ3v) is 6.16. The van der Waals surface area contributed by atoms with Crippen LogP contribution in [0.15, 0.2) is 49.3 Å². The number of hydrogen-bond donors (Lipinski definition) is 2. The fraction of sp³-hybridized carbons (Fsp3) is 0.240. The van der Waals surface area contributed by atoms with Crippen LogP contribution in [0.1, 0.15) is 48.3 Å². The molecule has 0 aliphatic heterocycles. The van der Waals surface area contributed by atoms with Crippen molar-refractivity contribution in [2.75, 3.05) is 5.73 Å². The number of benzene rings is 1. The van der Waals surface area contributed by atoms with E-state index in [1.54, 1.807) is 29.5 Å². The van der Waals surface area contributed by atoms with Crippen LogP contribution in [0.2, 0.25) is 0 Å². The Bertz CT molecular complexity index is 1570. The SMILES string of the molecule is CCc1c(-n2nc(C(C)C)c3c(-n4cnc(-c5cnn(C)c5)c4)ccnc32)ccc(C(N)=O)c1N. The normalized spacial score (nSPS) is 11.6. The van der Waals surface area contributed by atoms with Crippen molar-refractivity contribution in [3.05, 3.63) is 66.1 Å². The van der Waals surface area contributed by atoms with E-state index in [2.05, 4.69) is 23.9 Å². The van der Waals surface area contributed by atoms with Gasteiger partial charge in [-0.05, 0) is 30.5 Å². The number of primary amides is 1. The number of rotatable bonds is 6. The van der Waals surface area contributed by atoms with Gasteiger partial charge >= 0.3 is 0 Å². The molecule has 0 atom stereocenters. The lowest BCUT2D eigenvalue weighted by molar-refractivity contribution is 0.100. The van der Waals surface area contributed by atoms with Gasteiger partial charge in [0.15, 0.2) is 5.65 Å². The monoisotopic (exact) mass is 469 g/mol. The predicted molar refractivity (Wildman–Crippen MR) is 135 cm³/mol. The molecule has 1 aromatic carbocycles. The van der Waals surface area contributed by atoms with Gasteiger partial charge in [0.1, 0.15) is 0 Å². The van der Waals surface area contributed by atoms with Gasteiger partial charge < -0.3 is 16.0 Å². The number of nitrogen functional groups attached to an aromatic ring is 1. The standard InChI is InChI=1S/C25H27N9O/c1-5-16-19(7-6-17(22(16)26)24(27)35)34-25-21(23(31-34)14(2)3)20(8-9-28-25)33-12-18(29-13-33)15-10-30-32(4)11-15/h6-14H,5,26H2,1-4H3,(H2,27,35). The van der Waals surface area contributed by atoms with Crippen molar-refractivity contribution in [1.29, 1.82) is 0 Å². The highest BCUT2D eigenvalue weighted by Crippen LogP contribution is 2.34. The number of aryl methyl sites for hydroxylation is 1. The van der Waals surface area contributed by atoms with Crippen molar-refractivity contribution in [3.63, 3.8) is 0 Å². The van der Waals surface area contributed by atoms with Crippen molar-refractivity contribution in [2.24, 2.45) is 12.8 Å². The second-order valence-electron chi connectivity index (χ2n) is 8.79. The number of hydrogen-bond acceptors (Lipinski definition) is 6. The summed E-state index contributed by atoms with van der Waals surface area (Å²) in [5, 5.41) is 10.1. The molecule has 4 N–H and O–H groups in total. The molecule has 0 fully saturated rings. The molecule has 5 aromatic rings. The van der Waals surface area contributed by atoms with Crippen molar-refractivity contribution in [2.45, 2.75) is 33.1 Å². The predicted octanol–water partition coefficient (Wildman–Crippen LogP) is 3.37. The minimum absolute atomic E-state index is 0.135. The summed E-state index contributed by atoms with van der Waals surface area (Å²) in [6.45, 7) is 6.19. The number of anilines is 1. The molecule has 0 saturated carbocycles. The van der Waals surface area contributed by atoms with Gasteiger partial charge in [-0.1, -0.05) is 20.8 Å². The summed E-state index contributed by atoms with van der Waals surface area (Å²) >= 11 is 0. The van der Waals surface area contributed by atoms with E-state index in [0.717, 1.165) is 39.3 Å². The average Bonchev–Trinajstić information content (AvgIpc) is 3.56. The highest BCUT2D eigenvalue weighted by molar-refractivity contribution is 5.99. The molecule has 0 unspecified atom stereocenters. The van der Waals surface area contributed by atoms with Crippen LogP contribution in [0.3, 0.4) is 0 Å². The smallest absolute Gasteiger partial charge is 0.250 e. The fourth-order valence-corrected chi connectivity index (χ4v) is 4.43. The summed E-state index contributed by atoms with van der Waals surface area (Å²) in [6, 6.07) is 5.44. The van der Waals surface area contributed by atoms with Gasteiger partial charge in [0, 0.05) is 42.5 Å². The molecule has 4 aromatic heterocycles. The number of carbonyl (C=O) groups excluding carboxylic acids is 1. The number of amides is 1. The van der Waals surface area contributed by atoms with Gasteiger partial charge in [-0.2, -0.15) is 10.2 Å². The molecule has 0 radical (unpaired) electrons. The Labute approximate surface area is 202 Å². The zero-order valence-corrected chi connectivity index (χ0v) is 20.1. The quantitative estimate of drug-likeness (QED) is 0.366. The Morgan fingerprint density at radius 2 is 1.91 bits per heavy atom. The summed E-state index contributed by atoms with van der Waals surface area (Å²) in [6.07, 6.45) is 9.85. The number of aromatic nitrogens is 7. The van der Waals surface area contributed by atoms with E-state index < -0.39 is 5.91 Å². The van der Waals surface area contributed by atoms with Crippen molar-refractivity contribution in [1.82, 2.24) is 34.1 Å². The van der Waals surface area contributed by atoms with E-state index in [4.69, 9.17) is 21.5 Å². The molecular weight excluding hydrogens is 442 g/mol. The molecule has 5 rings (SSSR count). The Kier molecular flexibility index (Phi) is 5.35. The molecule has 4 heterocycles. The molecule has 0 aliphatic carbocycles. The van der Waals surface area contributed by atoms with Gasteiger partial charge in [-0.3, -0.25) is 9.48 Å². The second-order valence-corrected chi connectivity index (χ2v) is 8.79. The van der Waals surface area contributed by atoms with Crippen LogP contribution >= 0.6 is 0 Å². The van der Waals surface area contributed by atoms with Gasteiger partial charge in [-0.25, -0.2) is 14.6 Å². The lowest BCUT2D eigenvalue weighted by Crippen LogP contribution is -2.16. The summed E-state index contributed by atoms with van der Waals surface area (Å²) < 4.78 is 5.54. The molecule has 1 amide bonds. The van der Waals surface area contributed by atoms with E-state index >= 15 is 0 Å². The first-order valence-corrected chi connectivity index (χ1v) is 11.4. The van der Waals surface area contributed by atoms with Gasteiger partial charge in [0.25, 0.3) is 5.91 Å². The van der Waals surface area contributed by atoms with E-state index in [1.165, 1.54) is 0 Å². The first-order valence-electron chi connectivity index (χ1n) is 11.4. The maximum absolute atomic E-state index is 11.8. The van der Waals surface area contributed by atoms with Crippen LogP contribution in [0, 0.1) is 0 Å². The minimum Gasteiger partial charge on any atom is -0.398 e. The summed E-state index contributed by atoms with van der Waals surface area (Å²) in [4.78, 5) is 21.1. The Morgan fingerprint density at radius 1 is 1.11 bits per heavy atom. The lowest BCUT2D eigenvalue weighted by Gasteiger charge is -2.14. The molecule has 35 heavy (non-hydrogen) atoms. The highest BCUT2D eigenvalue weighted by Gasteiger charge is 2.23. The third kappa shape index (κ3) is 3.63. The molecule has 0 saturated heterocycles. The molecule has 10 heteroatoms. The van der Waals surface area contributed by atoms with Gasteiger partial charge in [0.2, 0.25) is 0 Å². The van der Waals surface area contributed by atoms with E-state index in [-0.39, 0.29) is 5.92 Å². The van der Waals surface area contributed by atoms with Crippen LogP contribution < -0.4 is 11.5 Å². The van der Waals surface area contributed by atoms with Crippen LogP contribution in [0.25, 0.3) is 33.7 Å². The van der Waals surface area contributed by atoms with Crippen LogP contribution in [0.4, 0.5) is 5.69 Å². The van der Waals surface area contributed by atoms with Crippen LogP contribution in [0.5, 0.6) is 0 Å². The second kappa shape index (κ2) is 8.39. The number of fused-ring (bicyclic) bond motifs is 1. The minimum atomic E-state index is -0.554. The first-order chi connectivity index (χ1) is 16.8. The lowest BCUT2D eigenvalue weighted by atomic mass is 10.0. The number of pyridine rings is 1. The van der Waals surface area contributed by atoms with Crippen molar-refractivity contribution in [3.8, 4) is 22.6 Å². The zero-order chi connectivity index (χ0) is 24.9. The van der Waals surface area contributed by atoms with Crippen LogP contribution in [-0.4, -0.2) is 40.0 Å². The molecule has 0 bridgehead atoms. The molecule has 10 nitrogen and oxygen atoms in total. The Hall–Kier alpha value is -4.47. The Morgan fingerprint density at radius 3 is 2.57 bits per heavy atom. The molecule has 178 valence electrons. The molecule has 0 spiro atoms. The largest absolute Gasteiger partial charge is 0.398 e. The summed E-state index contributed by atoms with van der Waals surface area (Å²) in [5.74, 6) is -0.419. The van der Waals surface area contributed by atoms with E-state index in [1.807, 2.05) is 47.7 Å². The number of carbonyl (C=O) groups is 1. The van der Waals surface area contributed by atoms with Crippen molar-refractivity contribution >= 4 is 22.6 Å². The van der Waals surface area contributed by atoms with Gasteiger partial charge in [0.05, 0.1) is 46.2 Å². The van der Waals surface area contributed by atoms with Crippen LogP contribution in [-0.2, 0) is 13.5 Å². The number of nitrogens with zero attached hydrogens (tertiary/aromatic N) is 7. The van der Waals surface area contributed by atoms with E-state index in [0.29, 0.717) is 23.3 Å². The van der Waals surface area contributed by atoms with Gasteiger partial charge in [-0.15, -0.1) is 0 Å². The Balaban J connectivity index is 1.73. The summed E-state index contributed by atoms with van der Waals surface area (Å²) in [5.41, 5.74) is 18.4. The molecule has 0 aliphatic rings. The molecular formula is C25H27N9O. The highest BCUT2D eigenvalue weighted by atomic mass is 16.1. The van der Waals surface area contributed by atoms with E-state index in [9.17, 15) is 4.79 Å². The number of nitrogens with two attached hydrogens (primary N) is 2. The first kappa shape index (κ1) is 22.3. The number of imidazole rings is 1. The summed E-state index contributed by atoms with van der Waals surface area (Å²) in [7, 11) is 1.88. The maximum Gasteiger partial charge on any atom is 0.250 e. The zero-order valence-electron chi connectivity index (χ0n) is 20.1. The maximum atomic E-state index is 11.8. The fourth-order valence-electron chi connectivity index (χ4n) is 4.43.